The van der Waals surface area contributed by atoms with E-state index in [0.717, 1.165) is 11.0 Å². The van der Waals surface area contributed by atoms with Gasteiger partial charge in [-0.15, -0.1) is 0 Å². The summed E-state index contributed by atoms with van der Waals surface area (Å²) in [5, 5.41) is 11.6. The summed E-state index contributed by atoms with van der Waals surface area (Å²) in [6.45, 7) is 0. The van der Waals surface area contributed by atoms with Crippen LogP contribution in [0.25, 0.3) is 0 Å². The minimum absolute atomic E-state index is 0.0509. The molecule has 134 valence electrons. The Morgan fingerprint density at radius 1 is 1.23 bits per heavy atom. The average Bonchev–Trinajstić information content (AvgIpc) is 2.85. The van der Waals surface area contributed by atoms with Gasteiger partial charge in [-0.1, -0.05) is 23.7 Å². The topological polar surface area (TPSA) is 86.7 Å². The van der Waals surface area contributed by atoms with E-state index in [4.69, 9.17) is 16.7 Å². The van der Waals surface area contributed by atoms with Crippen LogP contribution >= 0.6 is 11.6 Å². The number of aliphatic carboxylic acids is 1. The summed E-state index contributed by atoms with van der Waals surface area (Å²) in [6.07, 6.45) is -0.148. The molecule has 8 heteroatoms. The van der Waals surface area contributed by atoms with Crippen LogP contribution in [0.3, 0.4) is 0 Å². The number of hydrogen-bond acceptors (Lipinski definition) is 4. The van der Waals surface area contributed by atoms with E-state index in [9.17, 15) is 18.8 Å². The standard InChI is InChI=1S/C18H14ClFN2O4/c19-13-8-12(5-6-14(13)20)22-16(23)9-15(18(22)26)21-11-3-1-10(2-4-11)7-17(24)25/h1-6,8,15,21H,7,9H2,(H,24,25)/t15-/m1/s1. The first-order valence-electron chi connectivity index (χ1n) is 7.74. The largest absolute Gasteiger partial charge is 0.481 e. The maximum Gasteiger partial charge on any atom is 0.307 e. The van der Waals surface area contributed by atoms with Crippen molar-refractivity contribution in [2.75, 3.05) is 10.2 Å². The molecule has 1 atom stereocenters. The van der Waals surface area contributed by atoms with Gasteiger partial charge in [0, 0.05) is 5.69 Å². The van der Waals surface area contributed by atoms with E-state index in [2.05, 4.69) is 5.32 Å². The summed E-state index contributed by atoms with van der Waals surface area (Å²) < 4.78 is 13.3. The highest BCUT2D eigenvalue weighted by Gasteiger charge is 2.39. The lowest BCUT2D eigenvalue weighted by Gasteiger charge is -2.16. The lowest BCUT2D eigenvalue weighted by atomic mass is 10.1. The SMILES string of the molecule is O=C(O)Cc1ccc(N[C@@H]2CC(=O)N(c3ccc(F)c(Cl)c3)C2=O)cc1. The Hall–Kier alpha value is -2.93. The first-order chi connectivity index (χ1) is 12.3. The van der Waals surface area contributed by atoms with Crippen molar-refractivity contribution < 1.29 is 23.9 Å². The van der Waals surface area contributed by atoms with E-state index in [-0.39, 0.29) is 23.6 Å². The number of carbonyl (C=O) groups is 3. The summed E-state index contributed by atoms with van der Waals surface area (Å²) in [5.74, 6) is -2.45. The highest BCUT2D eigenvalue weighted by molar-refractivity contribution is 6.31. The molecule has 1 heterocycles. The van der Waals surface area contributed by atoms with Crippen molar-refractivity contribution in [1.29, 1.82) is 0 Å². The third-order valence-electron chi connectivity index (χ3n) is 3.96. The number of carboxylic acids is 1. The molecule has 3 rings (SSSR count). The van der Waals surface area contributed by atoms with Crippen LogP contribution in [0, 0.1) is 5.82 Å². The van der Waals surface area contributed by atoms with Crippen LogP contribution in [-0.2, 0) is 20.8 Å². The number of nitrogens with one attached hydrogen (secondary N) is 1. The lowest BCUT2D eigenvalue weighted by molar-refractivity contribution is -0.136. The van der Waals surface area contributed by atoms with E-state index in [1.54, 1.807) is 24.3 Å². The molecule has 1 aliphatic rings. The number of rotatable bonds is 5. The third-order valence-corrected chi connectivity index (χ3v) is 4.25. The fraction of sp³-hybridized carbons (Fsp3) is 0.167. The molecule has 0 aliphatic carbocycles. The molecular formula is C18H14ClFN2O4. The summed E-state index contributed by atoms with van der Waals surface area (Å²) in [4.78, 5) is 36.4. The average molecular weight is 377 g/mol. The van der Waals surface area contributed by atoms with Crippen LogP contribution in [-0.4, -0.2) is 28.9 Å². The predicted octanol–water partition coefficient (Wildman–Crippen LogP) is 2.85. The summed E-state index contributed by atoms with van der Waals surface area (Å²) in [7, 11) is 0. The zero-order valence-corrected chi connectivity index (χ0v) is 14.2. The highest BCUT2D eigenvalue weighted by atomic mass is 35.5. The molecule has 0 spiro atoms. The molecule has 6 nitrogen and oxygen atoms in total. The smallest absolute Gasteiger partial charge is 0.307 e. The van der Waals surface area contributed by atoms with E-state index in [0.29, 0.717) is 11.3 Å². The molecule has 2 aromatic carbocycles. The van der Waals surface area contributed by atoms with E-state index in [1.807, 2.05) is 0 Å². The molecule has 2 aromatic rings. The van der Waals surface area contributed by atoms with Gasteiger partial charge >= 0.3 is 5.97 Å². The normalized spacial score (nSPS) is 16.8. The van der Waals surface area contributed by atoms with Crippen molar-refractivity contribution in [1.82, 2.24) is 0 Å². The molecule has 0 unspecified atom stereocenters. The molecule has 1 fully saturated rings. The summed E-state index contributed by atoms with van der Waals surface area (Å²) in [5.41, 5.74) is 1.43. The number of imide groups is 1. The van der Waals surface area contributed by atoms with Crippen LogP contribution < -0.4 is 10.2 Å². The first kappa shape index (κ1) is 17.9. The number of halogens is 2. The quantitative estimate of drug-likeness (QED) is 0.783. The van der Waals surface area contributed by atoms with Gasteiger partial charge in [0.25, 0.3) is 5.91 Å². The van der Waals surface area contributed by atoms with Crippen LogP contribution in [0.5, 0.6) is 0 Å². The van der Waals surface area contributed by atoms with Crippen molar-refractivity contribution in [3.05, 3.63) is 58.9 Å². The fourth-order valence-electron chi connectivity index (χ4n) is 2.73. The number of hydrogen-bond donors (Lipinski definition) is 2. The number of carboxylic acid groups (broad SMARTS) is 1. The molecule has 0 saturated carbocycles. The molecule has 0 aromatic heterocycles. The second kappa shape index (κ2) is 7.13. The third kappa shape index (κ3) is 3.67. The van der Waals surface area contributed by atoms with Crippen molar-refractivity contribution in [2.45, 2.75) is 18.9 Å². The Morgan fingerprint density at radius 3 is 2.54 bits per heavy atom. The lowest BCUT2D eigenvalue weighted by Crippen LogP contribution is -2.34. The Balaban J connectivity index is 1.74. The van der Waals surface area contributed by atoms with Crippen molar-refractivity contribution in [3.8, 4) is 0 Å². The molecule has 0 radical (unpaired) electrons. The van der Waals surface area contributed by atoms with E-state index in [1.165, 1.54) is 12.1 Å². The molecular weight excluding hydrogens is 363 g/mol. The monoisotopic (exact) mass is 376 g/mol. The molecule has 1 aliphatic heterocycles. The maximum atomic E-state index is 13.3. The van der Waals surface area contributed by atoms with Gasteiger partial charge in [0.1, 0.15) is 11.9 Å². The molecule has 26 heavy (non-hydrogen) atoms. The van der Waals surface area contributed by atoms with Gasteiger partial charge in [0.2, 0.25) is 5.91 Å². The van der Waals surface area contributed by atoms with Crippen molar-refractivity contribution in [2.24, 2.45) is 0 Å². The van der Waals surface area contributed by atoms with Crippen LogP contribution in [0.1, 0.15) is 12.0 Å². The Labute approximate surface area is 153 Å². The zero-order valence-electron chi connectivity index (χ0n) is 13.4. The number of benzene rings is 2. The number of carbonyl (C=O) groups excluding carboxylic acids is 2. The van der Waals surface area contributed by atoms with Gasteiger partial charge in [0.05, 0.1) is 23.6 Å². The molecule has 0 bridgehead atoms. The minimum atomic E-state index is -0.934. The Kier molecular flexibility index (Phi) is 4.90. The fourth-order valence-corrected chi connectivity index (χ4v) is 2.91. The van der Waals surface area contributed by atoms with Gasteiger partial charge in [-0.25, -0.2) is 9.29 Å². The maximum absolute atomic E-state index is 13.3. The van der Waals surface area contributed by atoms with E-state index < -0.39 is 29.6 Å². The van der Waals surface area contributed by atoms with Crippen LogP contribution in [0.4, 0.5) is 15.8 Å². The zero-order chi connectivity index (χ0) is 18.8. The number of amides is 2. The Morgan fingerprint density at radius 2 is 1.92 bits per heavy atom. The van der Waals surface area contributed by atoms with Gasteiger partial charge in [0.15, 0.2) is 0 Å². The van der Waals surface area contributed by atoms with Gasteiger partial charge in [-0.05, 0) is 35.9 Å². The van der Waals surface area contributed by atoms with Crippen molar-refractivity contribution in [3.63, 3.8) is 0 Å². The summed E-state index contributed by atoms with van der Waals surface area (Å²) >= 11 is 5.72. The molecule has 2 amide bonds. The first-order valence-corrected chi connectivity index (χ1v) is 8.12. The number of nitrogens with zero attached hydrogens (tertiary/aromatic N) is 1. The van der Waals surface area contributed by atoms with Crippen LogP contribution in [0.15, 0.2) is 42.5 Å². The molecule has 1 saturated heterocycles. The van der Waals surface area contributed by atoms with Gasteiger partial charge in [-0.2, -0.15) is 0 Å². The summed E-state index contributed by atoms with van der Waals surface area (Å²) in [6, 6.07) is 9.44. The van der Waals surface area contributed by atoms with E-state index >= 15 is 0 Å². The second-order valence-electron chi connectivity index (χ2n) is 5.83. The minimum Gasteiger partial charge on any atom is -0.481 e. The second-order valence-corrected chi connectivity index (χ2v) is 6.24. The van der Waals surface area contributed by atoms with Crippen LogP contribution in [0.2, 0.25) is 5.02 Å². The Bertz CT molecular complexity index is 885. The molecule has 2 N–H and O–H groups in total. The van der Waals surface area contributed by atoms with Gasteiger partial charge < -0.3 is 10.4 Å². The van der Waals surface area contributed by atoms with Crippen molar-refractivity contribution >= 4 is 40.8 Å². The predicted molar refractivity (Wildman–Crippen MR) is 93.7 cm³/mol. The van der Waals surface area contributed by atoms with Gasteiger partial charge in [-0.3, -0.25) is 14.4 Å². The number of anilines is 2. The highest BCUT2D eigenvalue weighted by Crippen LogP contribution is 2.28.